The SMILES string of the molecule is COc1ccc(NC(=O)CCNC(=O)[C@H]2CCCN(S(=O)(=O)c3ccc(OC)cc3)C2)cc1. The van der Waals surface area contributed by atoms with Gasteiger partial charge in [-0.2, -0.15) is 4.31 Å². The molecule has 1 atom stereocenters. The van der Waals surface area contributed by atoms with E-state index in [0.29, 0.717) is 36.6 Å². The molecule has 1 aliphatic rings. The minimum absolute atomic E-state index is 0.109. The Kier molecular flexibility index (Phi) is 8.29. The fourth-order valence-corrected chi connectivity index (χ4v) is 5.14. The van der Waals surface area contributed by atoms with Crippen molar-refractivity contribution in [2.75, 3.05) is 39.2 Å². The minimum atomic E-state index is -3.70. The fraction of sp³-hybridized carbons (Fsp3) is 0.391. The predicted octanol–water partition coefficient (Wildman–Crippen LogP) is 2.25. The average Bonchev–Trinajstić information content (AvgIpc) is 2.84. The van der Waals surface area contributed by atoms with Gasteiger partial charge in [-0.25, -0.2) is 8.42 Å². The molecule has 1 saturated heterocycles. The molecular weight excluding hydrogens is 446 g/mol. The lowest BCUT2D eigenvalue weighted by atomic mass is 9.99. The Labute approximate surface area is 194 Å². The van der Waals surface area contributed by atoms with Crippen molar-refractivity contribution in [1.29, 1.82) is 0 Å². The first-order valence-corrected chi connectivity index (χ1v) is 12.1. The molecule has 0 spiro atoms. The third kappa shape index (κ3) is 6.45. The molecule has 2 N–H and O–H groups in total. The lowest BCUT2D eigenvalue weighted by Gasteiger charge is -2.31. The number of carbonyl (C=O) groups excluding carboxylic acids is 2. The van der Waals surface area contributed by atoms with Crippen LogP contribution in [-0.4, -0.2) is 58.4 Å². The smallest absolute Gasteiger partial charge is 0.243 e. The second-order valence-electron chi connectivity index (χ2n) is 7.70. The standard InChI is InChI=1S/C23H29N3O6S/c1-31-19-7-5-18(6-8-19)25-22(27)13-14-24-23(28)17-4-3-15-26(16-17)33(29,30)21-11-9-20(32-2)10-12-21/h5-12,17H,3-4,13-16H2,1-2H3,(H,24,28)(H,25,27)/t17-/m0/s1. The number of methoxy groups -OCH3 is 2. The Bertz CT molecular complexity index is 1050. The summed E-state index contributed by atoms with van der Waals surface area (Å²) in [6.45, 7) is 0.642. The highest BCUT2D eigenvalue weighted by Crippen LogP contribution is 2.25. The third-order valence-electron chi connectivity index (χ3n) is 5.48. The highest BCUT2D eigenvalue weighted by atomic mass is 32.2. The van der Waals surface area contributed by atoms with E-state index in [4.69, 9.17) is 9.47 Å². The van der Waals surface area contributed by atoms with Crippen LogP contribution in [0.5, 0.6) is 11.5 Å². The molecule has 3 rings (SSSR count). The monoisotopic (exact) mass is 475 g/mol. The van der Waals surface area contributed by atoms with Crippen molar-refractivity contribution in [3.05, 3.63) is 48.5 Å². The van der Waals surface area contributed by atoms with Crippen LogP contribution in [0.3, 0.4) is 0 Å². The molecule has 1 fully saturated rings. The van der Waals surface area contributed by atoms with Crippen LogP contribution in [-0.2, 0) is 19.6 Å². The van der Waals surface area contributed by atoms with Gasteiger partial charge in [-0.3, -0.25) is 9.59 Å². The molecule has 1 heterocycles. The summed E-state index contributed by atoms with van der Waals surface area (Å²) in [5.74, 6) is 0.322. The highest BCUT2D eigenvalue weighted by molar-refractivity contribution is 7.89. The molecule has 0 saturated carbocycles. The number of sulfonamides is 1. The summed E-state index contributed by atoms with van der Waals surface area (Å²) >= 11 is 0. The zero-order valence-corrected chi connectivity index (χ0v) is 19.6. The first-order valence-electron chi connectivity index (χ1n) is 10.7. The van der Waals surface area contributed by atoms with Gasteiger partial charge < -0.3 is 20.1 Å². The molecule has 0 radical (unpaired) electrons. The lowest BCUT2D eigenvalue weighted by Crippen LogP contribution is -2.45. The lowest BCUT2D eigenvalue weighted by molar-refractivity contribution is -0.126. The van der Waals surface area contributed by atoms with Crippen LogP contribution in [0, 0.1) is 5.92 Å². The molecule has 178 valence electrons. The average molecular weight is 476 g/mol. The van der Waals surface area contributed by atoms with Crippen LogP contribution in [0.15, 0.2) is 53.4 Å². The van der Waals surface area contributed by atoms with Crippen molar-refractivity contribution in [2.45, 2.75) is 24.2 Å². The van der Waals surface area contributed by atoms with Crippen LogP contribution in [0.25, 0.3) is 0 Å². The summed E-state index contributed by atoms with van der Waals surface area (Å²) in [4.78, 5) is 24.9. The number of hydrogen-bond acceptors (Lipinski definition) is 6. The van der Waals surface area contributed by atoms with Crippen LogP contribution < -0.4 is 20.1 Å². The summed E-state index contributed by atoms with van der Waals surface area (Å²) in [6, 6.07) is 13.1. The Hall–Kier alpha value is -3.11. The van der Waals surface area contributed by atoms with Gasteiger partial charge in [-0.05, 0) is 61.4 Å². The molecule has 33 heavy (non-hydrogen) atoms. The van der Waals surface area contributed by atoms with Crippen molar-refractivity contribution in [2.24, 2.45) is 5.92 Å². The topological polar surface area (TPSA) is 114 Å². The normalized spacial score (nSPS) is 16.6. The van der Waals surface area contributed by atoms with E-state index >= 15 is 0 Å². The van der Waals surface area contributed by atoms with Crippen LogP contribution in [0.1, 0.15) is 19.3 Å². The first kappa shape index (κ1) is 24.5. The second-order valence-corrected chi connectivity index (χ2v) is 9.63. The molecule has 0 aromatic heterocycles. The van der Waals surface area contributed by atoms with Gasteiger partial charge in [0.1, 0.15) is 11.5 Å². The van der Waals surface area contributed by atoms with Gasteiger partial charge in [0.15, 0.2) is 0 Å². The van der Waals surface area contributed by atoms with Gasteiger partial charge >= 0.3 is 0 Å². The second kappa shape index (κ2) is 11.2. The van der Waals surface area contributed by atoms with Crippen molar-refractivity contribution in [1.82, 2.24) is 9.62 Å². The zero-order chi connectivity index (χ0) is 23.8. The minimum Gasteiger partial charge on any atom is -0.497 e. The number of hydrogen-bond donors (Lipinski definition) is 2. The Morgan fingerprint density at radius 2 is 1.61 bits per heavy atom. The number of carbonyl (C=O) groups is 2. The van der Waals surface area contributed by atoms with Gasteiger partial charge in [0, 0.05) is 31.7 Å². The van der Waals surface area contributed by atoms with Crippen molar-refractivity contribution >= 4 is 27.5 Å². The quantitative estimate of drug-likeness (QED) is 0.575. The number of nitrogens with zero attached hydrogens (tertiary/aromatic N) is 1. The summed E-state index contributed by atoms with van der Waals surface area (Å²) in [6.07, 6.45) is 1.29. The number of nitrogens with one attached hydrogen (secondary N) is 2. The van der Waals surface area contributed by atoms with Crippen molar-refractivity contribution in [3.8, 4) is 11.5 Å². The van der Waals surface area contributed by atoms with E-state index in [1.165, 1.54) is 23.5 Å². The largest absolute Gasteiger partial charge is 0.497 e. The molecule has 2 aromatic rings. The van der Waals surface area contributed by atoms with Crippen LogP contribution in [0.4, 0.5) is 5.69 Å². The van der Waals surface area contributed by atoms with E-state index in [-0.39, 0.29) is 36.2 Å². The van der Waals surface area contributed by atoms with Gasteiger partial charge in [0.05, 0.1) is 25.0 Å². The number of anilines is 1. The predicted molar refractivity (Wildman–Crippen MR) is 124 cm³/mol. The summed E-state index contributed by atoms with van der Waals surface area (Å²) in [7, 11) is -0.623. The van der Waals surface area contributed by atoms with Crippen molar-refractivity contribution in [3.63, 3.8) is 0 Å². The number of benzene rings is 2. The molecule has 2 aromatic carbocycles. The molecule has 2 amide bonds. The maximum Gasteiger partial charge on any atom is 0.243 e. The molecule has 1 aliphatic heterocycles. The van der Waals surface area contributed by atoms with E-state index in [2.05, 4.69) is 10.6 Å². The zero-order valence-electron chi connectivity index (χ0n) is 18.7. The molecular formula is C23H29N3O6S. The fourth-order valence-electron chi connectivity index (χ4n) is 3.61. The van der Waals surface area contributed by atoms with Gasteiger partial charge in [-0.1, -0.05) is 0 Å². The molecule has 10 heteroatoms. The van der Waals surface area contributed by atoms with E-state index in [1.807, 2.05) is 0 Å². The molecule has 0 bridgehead atoms. The summed E-state index contributed by atoms with van der Waals surface area (Å²) < 4.78 is 37.4. The van der Waals surface area contributed by atoms with E-state index in [1.54, 1.807) is 43.5 Å². The Morgan fingerprint density at radius 3 is 2.21 bits per heavy atom. The number of rotatable bonds is 9. The number of ether oxygens (including phenoxy) is 2. The Morgan fingerprint density at radius 1 is 1.00 bits per heavy atom. The highest BCUT2D eigenvalue weighted by Gasteiger charge is 2.33. The van der Waals surface area contributed by atoms with Gasteiger partial charge in [0.2, 0.25) is 21.8 Å². The maximum absolute atomic E-state index is 13.0. The van der Waals surface area contributed by atoms with Crippen molar-refractivity contribution < 1.29 is 27.5 Å². The summed E-state index contributed by atoms with van der Waals surface area (Å²) in [5.41, 5.74) is 0.638. The molecule has 0 aliphatic carbocycles. The third-order valence-corrected chi connectivity index (χ3v) is 7.36. The number of piperidine rings is 1. The van der Waals surface area contributed by atoms with E-state index in [0.717, 1.165) is 0 Å². The van der Waals surface area contributed by atoms with E-state index in [9.17, 15) is 18.0 Å². The van der Waals surface area contributed by atoms with Crippen LogP contribution >= 0.6 is 0 Å². The maximum atomic E-state index is 13.0. The number of amides is 2. The summed E-state index contributed by atoms with van der Waals surface area (Å²) in [5, 5.41) is 5.51. The molecule has 0 unspecified atom stereocenters. The van der Waals surface area contributed by atoms with Gasteiger partial charge in [0.25, 0.3) is 0 Å². The van der Waals surface area contributed by atoms with E-state index < -0.39 is 15.9 Å². The van der Waals surface area contributed by atoms with Gasteiger partial charge in [-0.15, -0.1) is 0 Å². The first-order chi connectivity index (χ1) is 15.8. The Balaban J connectivity index is 1.49. The van der Waals surface area contributed by atoms with Crippen LogP contribution in [0.2, 0.25) is 0 Å². The molecule has 9 nitrogen and oxygen atoms in total.